The van der Waals surface area contributed by atoms with E-state index in [1.54, 1.807) is 61.7 Å². The van der Waals surface area contributed by atoms with Crippen molar-refractivity contribution in [3.63, 3.8) is 0 Å². The van der Waals surface area contributed by atoms with E-state index < -0.39 is 15.6 Å². The molecule has 0 atom stereocenters. The number of hydrogen-bond donors (Lipinski definition) is 0. The van der Waals surface area contributed by atoms with Gasteiger partial charge in [0.05, 0.1) is 45.7 Å². The maximum atomic E-state index is 13.3. The van der Waals surface area contributed by atoms with Gasteiger partial charge < -0.3 is 24.0 Å². The van der Waals surface area contributed by atoms with Crippen molar-refractivity contribution in [3.8, 4) is 5.75 Å². The minimum absolute atomic E-state index is 0.113. The normalized spacial score (nSPS) is 20.1. The molecular weight excluding hydrogens is 623 g/mol. The summed E-state index contributed by atoms with van der Waals surface area (Å²) in [6.45, 7) is 4.11. The van der Waals surface area contributed by atoms with Gasteiger partial charge in [-0.05, 0) is 87.3 Å². The molecule has 3 heterocycles. The van der Waals surface area contributed by atoms with Gasteiger partial charge in [0.1, 0.15) is 5.75 Å². The molecule has 3 aromatic carbocycles. The predicted octanol–water partition coefficient (Wildman–Crippen LogP) is 6.05. The molecule has 11 heteroatoms. The maximum absolute atomic E-state index is 13.3. The monoisotopic (exact) mass is 658 g/mol. The highest BCUT2D eigenvalue weighted by Gasteiger charge is 2.47. The van der Waals surface area contributed by atoms with Crippen molar-refractivity contribution >= 4 is 38.9 Å². The SMILES string of the molecule is COc1ccc(S(=O)(=O)c2ccc(C3(C4CCN(C5CCN(C(=O)c6c(Cl)cccc6Cl)CC5)CC4)OCCO3)cc2)cc1. The summed E-state index contributed by atoms with van der Waals surface area (Å²) >= 11 is 12.6. The molecule has 3 aliphatic rings. The molecule has 0 aliphatic carbocycles. The summed E-state index contributed by atoms with van der Waals surface area (Å²) in [5.41, 5.74) is 1.22. The number of halogens is 2. The Kier molecular flexibility index (Phi) is 9.25. The Morgan fingerprint density at radius 1 is 0.818 bits per heavy atom. The molecule has 3 saturated heterocycles. The van der Waals surface area contributed by atoms with Gasteiger partial charge in [-0.25, -0.2) is 8.42 Å². The summed E-state index contributed by atoms with van der Waals surface area (Å²) in [5, 5.41) is 0.760. The number of carbonyl (C=O) groups excluding carboxylic acids is 1. The number of sulfone groups is 1. The standard InChI is InChI=1S/C33H36Cl2N2O6S/c1-41-26-7-11-28(12-8-26)44(39,40)27-9-5-23(6-10-27)33(42-21-22-43-33)24-13-17-36(18-14-24)25-15-19-37(20-16-25)32(38)31-29(34)3-2-4-30(31)35/h2-12,24-25H,13-22H2,1H3. The lowest BCUT2D eigenvalue weighted by atomic mass is 9.83. The maximum Gasteiger partial charge on any atom is 0.256 e. The molecule has 0 aromatic heterocycles. The largest absolute Gasteiger partial charge is 0.497 e. The van der Waals surface area contributed by atoms with E-state index in [0.29, 0.717) is 53.7 Å². The lowest BCUT2D eigenvalue weighted by molar-refractivity contribution is -0.215. The van der Waals surface area contributed by atoms with E-state index in [1.165, 1.54) is 0 Å². The van der Waals surface area contributed by atoms with Crippen molar-refractivity contribution in [1.82, 2.24) is 9.80 Å². The molecule has 0 saturated carbocycles. The third-order valence-electron chi connectivity index (χ3n) is 9.16. The molecule has 0 radical (unpaired) electrons. The minimum Gasteiger partial charge on any atom is -0.497 e. The molecule has 0 bridgehead atoms. The van der Waals surface area contributed by atoms with E-state index in [1.807, 2.05) is 17.0 Å². The number of carbonyl (C=O) groups is 1. The fourth-order valence-corrected chi connectivity index (χ4v) is 8.58. The fraction of sp³-hybridized carbons (Fsp3) is 0.424. The van der Waals surface area contributed by atoms with Gasteiger partial charge in [0.2, 0.25) is 9.84 Å². The van der Waals surface area contributed by atoms with E-state index in [4.69, 9.17) is 37.4 Å². The van der Waals surface area contributed by atoms with Gasteiger partial charge in [0.15, 0.2) is 5.79 Å². The summed E-state index contributed by atoms with van der Waals surface area (Å²) in [5.74, 6) is -0.270. The van der Waals surface area contributed by atoms with Crippen LogP contribution < -0.4 is 4.74 Å². The number of benzene rings is 3. The molecule has 0 spiro atoms. The number of hydrogen-bond acceptors (Lipinski definition) is 7. The first kappa shape index (κ1) is 31.3. The van der Waals surface area contributed by atoms with Gasteiger partial charge >= 0.3 is 0 Å². The second-order valence-electron chi connectivity index (χ2n) is 11.5. The number of likely N-dealkylation sites (tertiary alicyclic amines) is 2. The van der Waals surface area contributed by atoms with Gasteiger partial charge in [-0.15, -0.1) is 0 Å². The smallest absolute Gasteiger partial charge is 0.256 e. The van der Waals surface area contributed by atoms with E-state index in [9.17, 15) is 13.2 Å². The second-order valence-corrected chi connectivity index (χ2v) is 14.3. The van der Waals surface area contributed by atoms with Crippen molar-refractivity contribution in [2.45, 2.75) is 47.3 Å². The average molecular weight is 660 g/mol. The van der Waals surface area contributed by atoms with Crippen LogP contribution in [0.4, 0.5) is 0 Å². The highest BCUT2D eigenvalue weighted by molar-refractivity contribution is 7.91. The molecule has 1 amide bonds. The van der Waals surface area contributed by atoms with E-state index in [0.717, 1.165) is 44.3 Å². The van der Waals surface area contributed by atoms with Crippen LogP contribution in [0, 0.1) is 5.92 Å². The van der Waals surface area contributed by atoms with Crippen LogP contribution in [0.5, 0.6) is 5.75 Å². The summed E-state index contributed by atoms with van der Waals surface area (Å²) in [6, 6.07) is 18.8. The summed E-state index contributed by atoms with van der Waals surface area (Å²) in [7, 11) is -2.14. The zero-order valence-corrected chi connectivity index (χ0v) is 26.9. The Labute approximate surface area is 268 Å². The number of nitrogens with zero attached hydrogens (tertiary/aromatic N) is 2. The zero-order valence-electron chi connectivity index (χ0n) is 24.6. The quantitative estimate of drug-likeness (QED) is 0.305. The van der Waals surface area contributed by atoms with Gasteiger partial charge in [0, 0.05) is 30.6 Å². The summed E-state index contributed by atoms with van der Waals surface area (Å²) in [6.07, 6.45) is 3.56. The van der Waals surface area contributed by atoms with Gasteiger partial charge in [0.25, 0.3) is 5.91 Å². The third-order valence-corrected chi connectivity index (χ3v) is 11.6. The molecule has 8 nitrogen and oxygen atoms in total. The lowest BCUT2D eigenvalue weighted by Gasteiger charge is -2.45. The van der Waals surface area contributed by atoms with Crippen molar-refractivity contribution in [2.75, 3.05) is 46.5 Å². The first-order valence-electron chi connectivity index (χ1n) is 15.0. The number of piperidine rings is 2. The molecular formula is C33H36Cl2N2O6S. The molecule has 3 aliphatic heterocycles. The van der Waals surface area contributed by atoms with E-state index in [-0.39, 0.29) is 21.6 Å². The minimum atomic E-state index is -3.68. The Hall–Kier alpha value is -2.66. The molecule has 3 fully saturated rings. The number of amides is 1. The Bertz CT molecular complexity index is 1560. The fourth-order valence-electron chi connectivity index (χ4n) is 6.76. The van der Waals surface area contributed by atoms with E-state index >= 15 is 0 Å². The second kappa shape index (κ2) is 13.0. The van der Waals surface area contributed by atoms with Gasteiger partial charge in [-0.3, -0.25) is 4.79 Å². The van der Waals surface area contributed by atoms with Crippen LogP contribution in [0.1, 0.15) is 41.6 Å². The van der Waals surface area contributed by atoms with Crippen molar-refractivity contribution < 1.29 is 27.4 Å². The van der Waals surface area contributed by atoms with Crippen LogP contribution >= 0.6 is 23.2 Å². The summed E-state index contributed by atoms with van der Waals surface area (Å²) in [4.78, 5) is 17.9. The third kappa shape index (κ3) is 5.98. The topological polar surface area (TPSA) is 85.4 Å². The molecule has 0 unspecified atom stereocenters. The Morgan fingerprint density at radius 3 is 1.91 bits per heavy atom. The van der Waals surface area contributed by atoms with Crippen molar-refractivity contribution in [1.29, 1.82) is 0 Å². The first-order chi connectivity index (χ1) is 21.2. The number of ether oxygens (including phenoxy) is 3. The predicted molar refractivity (Wildman–Crippen MR) is 168 cm³/mol. The van der Waals surface area contributed by atoms with Gasteiger partial charge in [-0.2, -0.15) is 0 Å². The molecule has 0 N–H and O–H groups in total. The van der Waals surface area contributed by atoms with Crippen LogP contribution in [-0.2, 0) is 25.1 Å². The zero-order chi connectivity index (χ0) is 30.9. The van der Waals surface area contributed by atoms with Crippen LogP contribution in [0.15, 0.2) is 76.5 Å². The van der Waals surface area contributed by atoms with E-state index in [2.05, 4.69) is 4.90 Å². The number of rotatable bonds is 7. The number of methoxy groups -OCH3 is 1. The van der Waals surface area contributed by atoms with Crippen LogP contribution in [0.25, 0.3) is 0 Å². The highest BCUT2D eigenvalue weighted by Crippen LogP contribution is 2.44. The first-order valence-corrected chi connectivity index (χ1v) is 17.2. The van der Waals surface area contributed by atoms with Crippen LogP contribution in [0.2, 0.25) is 10.0 Å². The summed E-state index contributed by atoms with van der Waals surface area (Å²) < 4.78 is 44.3. The molecule has 234 valence electrons. The average Bonchev–Trinajstić information content (AvgIpc) is 3.56. The van der Waals surface area contributed by atoms with Crippen molar-refractivity contribution in [2.24, 2.45) is 5.92 Å². The Morgan fingerprint density at radius 2 is 1.36 bits per heavy atom. The van der Waals surface area contributed by atoms with Crippen molar-refractivity contribution in [3.05, 3.63) is 87.9 Å². The highest BCUT2D eigenvalue weighted by atomic mass is 35.5. The molecule has 6 rings (SSSR count). The van der Waals surface area contributed by atoms with Gasteiger partial charge in [-0.1, -0.05) is 41.4 Å². The Balaban J connectivity index is 1.09. The molecule has 3 aromatic rings. The van der Waals surface area contributed by atoms with Crippen LogP contribution in [-0.4, -0.2) is 76.7 Å². The molecule has 44 heavy (non-hydrogen) atoms. The van der Waals surface area contributed by atoms with Crippen LogP contribution in [0.3, 0.4) is 0 Å². The lowest BCUT2D eigenvalue weighted by Crippen LogP contribution is -2.51.